The number of benzene rings is 1. The molecule has 1 unspecified atom stereocenters. The number of carbonyl (C=O) groups is 2. The second-order valence-corrected chi connectivity index (χ2v) is 9.12. The highest BCUT2D eigenvalue weighted by molar-refractivity contribution is 8.08. The highest BCUT2D eigenvalue weighted by Gasteiger charge is 2.46. The molecule has 3 rings (SSSR count). The number of allylic oxidation sites excluding steroid dienone is 3. The quantitative estimate of drug-likeness (QED) is 0.689. The van der Waals surface area contributed by atoms with Crippen LogP contribution in [0.3, 0.4) is 0 Å². The molecule has 2 heterocycles. The summed E-state index contributed by atoms with van der Waals surface area (Å²) in [6.07, 6.45) is 2.44. The average Bonchev–Trinajstić information content (AvgIpc) is 2.75. The summed E-state index contributed by atoms with van der Waals surface area (Å²) in [6, 6.07) is 7.94. The standard InChI is InChI=1S/C24H32N4O2S/c1-8-19(18(25-5)13-15(2)3)28-14-31-21(17-11-9-16(4)10-12-17)20-22(28)26(6)24(30)27(7)23(20)29/h9-13,22,25H,8,14H2,1-7H3/b19-18-. The van der Waals surface area contributed by atoms with Gasteiger partial charge in [0.1, 0.15) is 6.17 Å². The fourth-order valence-corrected chi connectivity index (χ4v) is 5.30. The monoisotopic (exact) mass is 440 g/mol. The van der Waals surface area contributed by atoms with Gasteiger partial charge in [0.2, 0.25) is 0 Å². The number of carbonyl (C=O) groups excluding carboxylic acids is 2. The van der Waals surface area contributed by atoms with Crippen LogP contribution in [0.4, 0.5) is 4.79 Å². The molecule has 0 radical (unpaired) electrons. The molecule has 1 saturated heterocycles. The number of rotatable bonds is 5. The molecule has 0 saturated carbocycles. The number of nitrogens with zero attached hydrogens (tertiary/aromatic N) is 3. The van der Waals surface area contributed by atoms with Crippen LogP contribution >= 0.6 is 11.8 Å². The third-order valence-corrected chi connectivity index (χ3v) is 6.80. The molecule has 7 heteroatoms. The van der Waals surface area contributed by atoms with Crippen molar-refractivity contribution in [2.45, 2.75) is 40.3 Å². The minimum atomic E-state index is -0.447. The smallest absolute Gasteiger partial charge is 0.328 e. The Labute approximate surface area is 189 Å². The topological polar surface area (TPSA) is 55.9 Å². The summed E-state index contributed by atoms with van der Waals surface area (Å²) in [4.78, 5) is 32.3. The predicted molar refractivity (Wildman–Crippen MR) is 128 cm³/mol. The van der Waals surface area contributed by atoms with Crippen molar-refractivity contribution in [1.29, 1.82) is 0 Å². The lowest BCUT2D eigenvalue weighted by atomic mass is 10.0. The van der Waals surface area contributed by atoms with Crippen LogP contribution in [0.1, 0.15) is 38.3 Å². The van der Waals surface area contributed by atoms with Gasteiger partial charge in [-0.25, -0.2) is 4.79 Å². The van der Waals surface area contributed by atoms with E-state index in [-0.39, 0.29) is 11.9 Å². The Bertz CT molecular complexity index is 974. The normalized spacial score (nSPS) is 20.0. The molecule has 3 amide bonds. The van der Waals surface area contributed by atoms with Gasteiger partial charge < -0.3 is 15.1 Å². The van der Waals surface area contributed by atoms with Crippen LogP contribution in [-0.2, 0) is 4.79 Å². The molecule has 166 valence electrons. The number of thioether (sulfide) groups is 1. The van der Waals surface area contributed by atoms with Crippen molar-refractivity contribution in [3.05, 3.63) is 64.0 Å². The Morgan fingerprint density at radius 3 is 2.39 bits per heavy atom. The molecule has 0 bridgehead atoms. The van der Waals surface area contributed by atoms with E-state index in [4.69, 9.17) is 0 Å². The summed E-state index contributed by atoms with van der Waals surface area (Å²) < 4.78 is 0. The number of aryl methyl sites for hydroxylation is 1. The fourth-order valence-electron chi connectivity index (χ4n) is 4.08. The van der Waals surface area contributed by atoms with Gasteiger partial charge >= 0.3 is 6.03 Å². The molecule has 0 aromatic heterocycles. The first-order chi connectivity index (χ1) is 14.7. The van der Waals surface area contributed by atoms with E-state index in [1.165, 1.54) is 16.0 Å². The molecule has 31 heavy (non-hydrogen) atoms. The number of fused-ring (bicyclic) bond motifs is 1. The first-order valence-electron chi connectivity index (χ1n) is 10.5. The Kier molecular flexibility index (Phi) is 6.84. The van der Waals surface area contributed by atoms with Crippen molar-refractivity contribution < 1.29 is 9.59 Å². The predicted octanol–water partition coefficient (Wildman–Crippen LogP) is 4.37. The van der Waals surface area contributed by atoms with Crippen molar-refractivity contribution in [1.82, 2.24) is 20.0 Å². The molecular formula is C24H32N4O2S. The van der Waals surface area contributed by atoms with Gasteiger partial charge in [-0.3, -0.25) is 9.69 Å². The molecule has 1 atom stereocenters. The van der Waals surface area contributed by atoms with Gasteiger partial charge in [0.05, 0.1) is 17.1 Å². The minimum absolute atomic E-state index is 0.232. The van der Waals surface area contributed by atoms with Gasteiger partial charge in [-0.2, -0.15) is 0 Å². The van der Waals surface area contributed by atoms with Gasteiger partial charge in [0.15, 0.2) is 0 Å². The van der Waals surface area contributed by atoms with E-state index in [1.54, 1.807) is 30.8 Å². The van der Waals surface area contributed by atoms with Crippen LogP contribution in [0.5, 0.6) is 0 Å². The fraction of sp³-hybridized carbons (Fsp3) is 0.417. The van der Waals surface area contributed by atoms with E-state index in [1.807, 2.05) is 14.0 Å². The largest absolute Gasteiger partial charge is 0.387 e. The van der Waals surface area contributed by atoms with E-state index in [2.05, 4.69) is 61.3 Å². The van der Waals surface area contributed by atoms with Crippen LogP contribution in [0.2, 0.25) is 0 Å². The van der Waals surface area contributed by atoms with Gasteiger partial charge in [0.25, 0.3) is 5.91 Å². The molecule has 2 aliphatic heterocycles. The Hall–Kier alpha value is -2.67. The number of likely N-dealkylation sites (N-methyl/N-ethyl adjacent to an activating group) is 3. The molecule has 0 aliphatic carbocycles. The number of hydrogen-bond donors (Lipinski definition) is 1. The number of urea groups is 1. The number of hydrogen-bond acceptors (Lipinski definition) is 5. The zero-order valence-electron chi connectivity index (χ0n) is 19.4. The first kappa shape index (κ1) is 23.0. The molecule has 1 fully saturated rings. The highest BCUT2D eigenvalue weighted by atomic mass is 32.2. The lowest BCUT2D eigenvalue weighted by Crippen LogP contribution is -2.62. The minimum Gasteiger partial charge on any atom is -0.387 e. The van der Waals surface area contributed by atoms with Gasteiger partial charge in [-0.1, -0.05) is 42.3 Å². The molecule has 1 aromatic rings. The van der Waals surface area contributed by atoms with Crippen LogP contribution in [0.15, 0.2) is 52.9 Å². The van der Waals surface area contributed by atoms with Crippen molar-refractivity contribution in [2.24, 2.45) is 0 Å². The summed E-state index contributed by atoms with van der Waals surface area (Å²) in [5.74, 6) is 0.418. The Morgan fingerprint density at radius 1 is 1.19 bits per heavy atom. The summed E-state index contributed by atoms with van der Waals surface area (Å²) >= 11 is 1.65. The molecule has 1 aromatic carbocycles. The lowest BCUT2D eigenvalue weighted by Gasteiger charge is -2.48. The lowest BCUT2D eigenvalue weighted by molar-refractivity contribution is -0.127. The number of imide groups is 1. The van der Waals surface area contributed by atoms with Gasteiger partial charge in [0, 0.05) is 31.7 Å². The second-order valence-electron chi connectivity index (χ2n) is 8.17. The first-order valence-corrected chi connectivity index (χ1v) is 11.5. The SMILES string of the molecule is CC/C(=C(\C=C(C)C)NC)N1CSC(c2ccc(C)cc2)=C2C(=O)N(C)C(=O)N(C)C21. The molecule has 0 spiro atoms. The van der Waals surface area contributed by atoms with Crippen molar-refractivity contribution in [3.63, 3.8) is 0 Å². The van der Waals surface area contributed by atoms with Gasteiger partial charge in [-0.05, 0) is 38.8 Å². The summed E-state index contributed by atoms with van der Waals surface area (Å²) in [5.41, 5.74) is 6.11. The van der Waals surface area contributed by atoms with E-state index in [9.17, 15) is 9.59 Å². The molecule has 1 N–H and O–H groups in total. The third-order valence-electron chi connectivity index (χ3n) is 5.65. The second kappa shape index (κ2) is 9.22. The van der Waals surface area contributed by atoms with Crippen molar-refractivity contribution >= 4 is 28.6 Å². The number of nitrogens with one attached hydrogen (secondary N) is 1. The Morgan fingerprint density at radius 2 is 1.84 bits per heavy atom. The summed E-state index contributed by atoms with van der Waals surface area (Å²) in [5, 5.41) is 3.31. The average molecular weight is 441 g/mol. The maximum absolute atomic E-state index is 13.4. The molecular weight excluding hydrogens is 408 g/mol. The molecule has 6 nitrogen and oxygen atoms in total. The Balaban J connectivity index is 2.23. The van der Waals surface area contributed by atoms with Crippen LogP contribution < -0.4 is 5.32 Å². The maximum Gasteiger partial charge on any atom is 0.328 e. The van der Waals surface area contributed by atoms with E-state index in [0.717, 1.165) is 28.3 Å². The third kappa shape index (κ3) is 4.24. The van der Waals surface area contributed by atoms with Crippen LogP contribution in [0.25, 0.3) is 4.91 Å². The number of amides is 3. The molecule has 2 aliphatic rings. The zero-order chi connectivity index (χ0) is 22.9. The van der Waals surface area contributed by atoms with Crippen LogP contribution in [0, 0.1) is 6.92 Å². The van der Waals surface area contributed by atoms with E-state index < -0.39 is 6.17 Å². The maximum atomic E-state index is 13.4. The van der Waals surface area contributed by atoms with Crippen molar-refractivity contribution in [2.75, 3.05) is 27.0 Å². The van der Waals surface area contributed by atoms with Gasteiger partial charge in [-0.15, -0.1) is 11.8 Å². The van der Waals surface area contributed by atoms with Crippen LogP contribution in [-0.4, -0.2) is 59.8 Å². The van der Waals surface area contributed by atoms with E-state index >= 15 is 0 Å². The van der Waals surface area contributed by atoms with Crippen molar-refractivity contribution in [3.8, 4) is 0 Å². The van der Waals surface area contributed by atoms with E-state index in [0.29, 0.717) is 11.4 Å². The zero-order valence-corrected chi connectivity index (χ0v) is 20.3. The summed E-state index contributed by atoms with van der Waals surface area (Å²) in [7, 11) is 5.24. The summed E-state index contributed by atoms with van der Waals surface area (Å²) in [6.45, 7) is 8.27. The highest BCUT2D eigenvalue weighted by Crippen LogP contribution is 2.44.